The van der Waals surface area contributed by atoms with E-state index in [-0.39, 0.29) is 23.0 Å². The van der Waals surface area contributed by atoms with E-state index in [0.717, 1.165) is 6.10 Å². The summed E-state index contributed by atoms with van der Waals surface area (Å²) in [6.45, 7) is 15.3. The third-order valence-corrected chi connectivity index (χ3v) is 2.77. The summed E-state index contributed by atoms with van der Waals surface area (Å²) in [5.41, 5.74) is -0.484. The van der Waals surface area contributed by atoms with Crippen molar-refractivity contribution in [3.05, 3.63) is 45.3 Å². The molecule has 0 spiro atoms. The van der Waals surface area contributed by atoms with E-state index in [1.807, 2.05) is 19.3 Å². The van der Waals surface area contributed by atoms with Crippen LogP contribution in [-0.2, 0) is 45.3 Å². The second-order valence-corrected chi connectivity index (χ2v) is 4.06. The van der Waals surface area contributed by atoms with Crippen LogP contribution in [0.25, 0.3) is 0 Å². The average molecular weight is 375 g/mol. The SMILES string of the molecule is CO[C]1[CH][CH]C(C#N)(CCCOC(C)=O)C[CH]1.[C-]#[O+].[C-]#[O+].[C-]#[O+].[Fe]. The van der Waals surface area contributed by atoms with Gasteiger partial charge in [-0.25, -0.2) is 0 Å². The van der Waals surface area contributed by atoms with Crippen LogP contribution in [0, 0.1) is 62.1 Å². The van der Waals surface area contributed by atoms with Crippen molar-refractivity contribution in [3.8, 4) is 6.07 Å². The third kappa shape index (κ3) is 14.3. The molecule has 1 aliphatic carbocycles. The van der Waals surface area contributed by atoms with Crippen molar-refractivity contribution in [2.24, 2.45) is 5.41 Å². The monoisotopic (exact) mass is 375 g/mol. The maximum atomic E-state index is 10.6. The third-order valence-electron chi connectivity index (χ3n) is 2.77. The zero-order chi connectivity index (χ0) is 18.7. The van der Waals surface area contributed by atoms with Crippen LogP contribution in [0.4, 0.5) is 0 Å². The first kappa shape index (κ1) is 30.5. The topological polar surface area (TPSA) is 119 Å². The minimum absolute atomic E-state index is 0. The molecule has 0 aromatic rings. The molecule has 1 aliphatic rings. The maximum absolute atomic E-state index is 10.6. The Morgan fingerprint density at radius 2 is 1.88 bits per heavy atom. The van der Waals surface area contributed by atoms with Gasteiger partial charge in [0.05, 0.1) is 18.1 Å². The Balaban J connectivity index is -0.000000256. The smallest absolute Gasteiger partial charge is 0 e. The van der Waals surface area contributed by atoms with Crippen molar-refractivity contribution in [2.45, 2.75) is 26.2 Å². The number of ether oxygens (including phenoxy) is 2. The van der Waals surface area contributed by atoms with E-state index in [1.54, 1.807) is 7.11 Å². The number of rotatable bonds is 5. The first-order valence-corrected chi connectivity index (χ1v) is 6.21. The van der Waals surface area contributed by atoms with Gasteiger partial charge in [0.15, 0.2) is 0 Å². The van der Waals surface area contributed by atoms with Gasteiger partial charge < -0.3 is 9.47 Å². The van der Waals surface area contributed by atoms with Crippen molar-refractivity contribution < 1.29 is 45.3 Å². The quantitative estimate of drug-likeness (QED) is 0.240. The zero-order valence-corrected chi connectivity index (χ0v) is 14.4. The minimum atomic E-state index is -0.484. The number of methoxy groups -OCH3 is 1. The summed E-state index contributed by atoms with van der Waals surface area (Å²) in [4.78, 5) is 10.6. The standard InChI is InChI=1S/C13H17NO3.3CO.Fe/c1-11(15)17-9-3-6-13(10-14)7-4-12(16-2)5-8-13;3*1-2;/h4-5,7H,3,6,8-9H2,1-2H3;;;;. The summed E-state index contributed by atoms with van der Waals surface area (Å²) in [7, 11) is 1.61. The summed E-state index contributed by atoms with van der Waals surface area (Å²) >= 11 is 0. The van der Waals surface area contributed by atoms with Crippen molar-refractivity contribution in [3.63, 3.8) is 0 Å². The molecule has 0 saturated heterocycles. The number of nitriles is 1. The molecule has 130 valence electrons. The van der Waals surface area contributed by atoms with Crippen molar-refractivity contribution in [2.75, 3.05) is 13.7 Å². The number of esters is 1. The fraction of sp³-hybridized carbons (Fsp3) is 0.438. The fourth-order valence-electron chi connectivity index (χ4n) is 1.74. The molecule has 7 nitrogen and oxygen atoms in total. The van der Waals surface area contributed by atoms with E-state index in [1.165, 1.54) is 6.92 Å². The van der Waals surface area contributed by atoms with Gasteiger partial charge in [0.2, 0.25) is 0 Å². The second-order valence-electron chi connectivity index (χ2n) is 4.06. The van der Waals surface area contributed by atoms with Gasteiger partial charge in [0.25, 0.3) is 0 Å². The molecule has 1 saturated carbocycles. The van der Waals surface area contributed by atoms with Crippen LogP contribution < -0.4 is 0 Å². The van der Waals surface area contributed by atoms with E-state index in [0.29, 0.717) is 25.9 Å². The number of hydrogen-bond acceptors (Lipinski definition) is 4. The van der Waals surface area contributed by atoms with Gasteiger partial charge in [0.1, 0.15) is 6.10 Å². The molecule has 0 heterocycles. The van der Waals surface area contributed by atoms with Crippen molar-refractivity contribution in [1.29, 1.82) is 5.26 Å². The van der Waals surface area contributed by atoms with Gasteiger partial charge in [-0.2, -0.15) is 5.26 Å². The van der Waals surface area contributed by atoms with E-state index in [4.69, 9.17) is 23.4 Å². The molecule has 0 aromatic heterocycles. The van der Waals surface area contributed by atoms with Crippen molar-refractivity contribution >= 4 is 5.97 Å². The van der Waals surface area contributed by atoms with E-state index >= 15 is 0 Å². The molecular formula is C16H17FeNO6. The van der Waals surface area contributed by atoms with Gasteiger partial charge in [0, 0.05) is 37.5 Å². The van der Waals surface area contributed by atoms with E-state index < -0.39 is 5.41 Å². The number of hydrogen-bond donors (Lipinski definition) is 0. The van der Waals surface area contributed by atoms with Gasteiger partial charge in [-0.3, -0.25) is 4.79 Å². The molecule has 0 amide bonds. The molecule has 0 N–H and O–H groups in total. The summed E-state index contributed by atoms with van der Waals surface area (Å²) < 4.78 is 32.4. The molecule has 8 heteroatoms. The Bertz CT molecular complexity index is 391. The Labute approximate surface area is 153 Å². The summed E-state index contributed by atoms with van der Waals surface area (Å²) in [6, 6.07) is 2.32. The molecular weight excluding hydrogens is 358 g/mol. The van der Waals surface area contributed by atoms with Crippen LogP contribution in [0.5, 0.6) is 0 Å². The summed E-state index contributed by atoms with van der Waals surface area (Å²) in [5.74, 6) is -0.281. The first-order chi connectivity index (χ1) is 11.1. The van der Waals surface area contributed by atoms with Gasteiger partial charge in [-0.05, 0) is 32.1 Å². The Morgan fingerprint density at radius 1 is 1.33 bits per heavy atom. The van der Waals surface area contributed by atoms with E-state index in [9.17, 15) is 10.1 Å². The minimum Gasteiger partial charge on any atom is 0 e. The second kappa shape index (κ2) is 21.7. The summed E-state index contributed by atoms with van der Waals surface area (Å²) in [6.07, 6.45) is 8.40. The van der Waals surface area contributed by atoms with E-state index in [2.05, 4.69) is 26.0 Å². The van der Waals surface area contributed by atoms with Gasteiger partial charge >= 0.3 is 39.9 Å². The molecule has 0 aromatic carbocycles. The molecule has 4 radical (unpaired) electrons. The van der Waals surface area contributed by atoms with Crippen LogP contribution >= 0.6 is 0 Å². The molecule has 1 fully saturated rings. The number of nitrogens with zero attached hydrogens (tertiary/aromatic N) is 1. The average Bonchev–Trinajstić information content (AvgIpc) is 2.64. The van der Waals surface area contributed by atoms with Crippen LogP contribution in [0.15, 0.2) is 0 Å². The largest absolute Gasteiger partial charge is 0 e. The number of carbonyl (C=O) groups excluding carboxylic acids is 1. The molecule has 1 atom stereocenters. The van der Waals surface area contributed by atoms with Crippen molar-refractivity contribution in [1.82, 2.24) is 0 Å². The predicted octanol–water partition coefficient (Wildman–Crippen LogP) is 1.92. The molecule has 24 heavy (non-hydrogen) atoms. The fourth-order valence-corrected chi connectivity index (χ4v) is 1.74. The maximum Gasteiger partial charge on any atom is 0 e. The Hall–Kier alpha value is -1.34. The van der Waals surface area contributed by atoms with Crippen LogP contribution in [0.2, 0.25) is 0 Å². The van der Waals surface area contributed by atoms with Crippen LogP contribution in [-0.4, -0.2) is 19.7 Å². The molecule has 1 unspecified atom stereocenters. The number of carbonyl (C=O) groups is 1. The Morgan fingerprint density at radius 3 is 2.21 bits per heavy atom. The first-order valence-electron chi connectivity index (χ1n) is 6.21. The molecule has 0 bridgehead atoms. The zero-order valence-electron chi connectivity index (χ0n) is 13.3. The summed E-state index contributed by atoms with van der Waals surface area (Å²) in [5, 5.41) is 9.23. The van der Waals surface area contributed by atoms with Crippen LogP contribution in [0.3, 0.4) is 0 Å². The molecule has 0 aliphatic heterocycles. The predicted molar refractivity (Wildman–Crippen MR) is 73.5 cm³/mol. The molecule has 1 rings (SSSR count). The van der Waals surface area contributed by atoms with Crippen LogP contribution in [0.1, 0.15) is 26.2 Å². The van der Waals surface area contributed by atoms with Gasteiger partial charge in [-0.15, -0.1) is 0 Å². The normalized spacial score (nSPS) is 14.1. The Kier molecular flexibility index (Phi) is 27.6. The van der Waals surface area contributed by atoms with Gasteiger partial charge in [-0.1, -0.05) is 0 Å².